The predicted molar refractivity (Wildman–Crippen MR) is 138 cm³/mol. The van der Waals surface area contributed by atoms with E-state index in [-0.39, 0.29) is 17.0 Å². The second kappa shape index (κ2) is 10.1. The van der Waals surface area contributed by atoms with Gasteiger partial charge >= 0.3 is 0 Å². The normalized spacial score (nSPS) is 16.0. The maximum absolute atomic E-state index is 11.7. The van der Waals surface area contributed by atoms with Crippen LogP contribution in [-0.2, 0) is 23.5 Å². The summed E-state index contributed by atoms with van der Waals surface area (Å²) in [5.41, 5.74) is 4.79. The van der Waals surface area contributed by atoms with E-state index in [9.17, 15) is 8.42 Å². The highest BCUT2D eigenvalue weighted by molar-refractivity contribution is 7.89. The maximum Gasteiger partial charge on any atom is 0.238 e. The molecule has 0 unspecified atom stereocenters. The molecule has 9 nitrogen and oxygen atoms in total. The Balaban J connectivity index is 1.31. The monoisotopic (exact) mass is 504 g/mol. The molecule has 4 aromatic rings. The summed E-state index contributed by atoms with van der Waals surface area (Å²) in [7, 11) is -1.85. The summed E-state index contributed by atoms with van der Waals surface area (Å²) in [6.07, 6.45) is 5.99. The Kier molecular flexibility index (Phi) is 6.73. The van der Waals surface area contributed by atoms with Crippen molar-refractivity contribution in [2.24, 2.45) is 12.2 Å². The number of primary sulfonamides is 1. The Hall–Kier alpha value is -3.73. The van der Waals surface area contributed by atoms with E-state index < -0.39 is 10.0 Å². The van der Waals surface area contributed by atoms with Crippen molar-refractivity contribution in [3.8, 4) is 17.0 Å². The summed E-state index contributed by atoms with van der Waals surface area (Å²) in [6.45, 7) is 1.21. The molecule has 0 saturated heterocycles. The van der Waals surface area contributed by atoms with Crippen LogP contribution in [0.2, 0.25) is 0 Å². The highest BCUT2D eigenvalue weighted by Gasteiger charge is 2.29. The number of nitrogens with zero attached hydrogens (tertiary/aromatic N) is 3. The van der Waals surface area contributed by atoms with Crippen molar-refractivity contribution in [3.63, 3.8) is 0 Å². The number of rotatable bonds is 8. The fourth-order valence-electron chi connectivity index (χ4n) is 4.36. The number of anilines is 1. The topological polar surface area (TPSA) is 124 Å². The number of fused-ring (bicyclic) bond motifs is 1. The zero-order chi connectivity index (χ0) is 25.1. The molecule has 0 spiro atoms. The molecule has 186 valence electrons. The lowest BCUT2D eigenvalue weighted by molar-refractivity contribution is 0.150. The molecular formula is C26H28N6O3S. The van der Waals surface area contributed by atoms with E-state index in [2.05, 4.69) is 32.8 Å². The van der Waals surface area contributed by atoms with Crippen LogP contribution < -0.4 is 20.5 Å². The summed E-state index contributed by atoms with van der Waals surface area (Å²) in [5, 5.41) is 16.6. The van der Waals surface area contributed by atoms with Gasteiger partial charge in [0.05, 0.1) is 29.4 Å². The van der Waals surface area contributed by atoms with Crippen LogP contribution in [0.25, 0.3) is 11.1 Å². The molecular weight excluding hydrogens is 476 g/mol. The van der Waals surface area contributed by atoms with Gasteiger partial charge in [-0.2, -0.15) is 5.10 Å². The molecule has 1 aliphatic heterocycles. The number of sulfonamides is 1. The van der Waals surface area contributed by atoms with Gasteiger partial charge in [-0.3, -0.25) is 4.68 Å². The number of aromatic nitrogens is 3. The lowest BCUT2D eigenvalue weighted by atomic mass is 9.99. The number of hydrogen-bond donors (Lipinski definition) is 3. The first kappa shape index (κ1) is 24.0. The van der Waals surface area contributed by atoms with Gasteiger partial charge in [0.2, 0.25) is 15.9 Å². The van der Waals surface area contributed by atoms with Crippen LogP contribution in [0.1, 0.15) is 17.2 Å². The second-order valence-corrected chi connectivity index (χ2v) is 10.4. The van der Waals surface area contributed by atoms with Gasteiger partial charge in [-0.1, -0.05) is 42.5 Å². The number of hydrogen-bond acceptors (Lipinski definition) is 7. The lowest BCUT2D eigenvalue weighted by Gasteiger charge is -2.33. The fraction of sp³-hybridized carbons (Fsp3) is 0.231. The van der Waals surface area contributed by atoms with Gasteiger partial charge in [0.1, 0.15) is 6.10 Å². The first-order valence-electron chi connectivity index (χ1n) is 11.7. The largest absolute Gasteiger partial charge is 0.469 e. The minimum atomic E-state index is -3.74. The second-order valence-electron chi connectivity index (χ2n) is 8.80. The van der Waals surface area contributed by atoms with Crippen LogP contribution in [-0.4, -0.2) is 42.4 Å². The quantitative estimate of drug-likeness (QED) is 0.337. The molecule has 0 saturated carbocycles. The number of nitrogens with one attached hydrogen (secondary N) is 2. The van der Waals surface area contributed by atoms with E-state index in [0.717, 1.165) is 27.9 Å². The van der Waals surface area contributed by atoms with E-state index >= 15 is 0 Å². The zero-order valence-electron chi connectivity index (χ0n) is 19.8. The Morgan fingerprint density at radius 3 is 2.72 bits per heavy atom. The van der Waals surface area contributed by atoms with Crippen molar-refractivity contribution in [2.45, 2.75) is 23.5 Å². The molecule has 5 rings (SSSR count). The summed E-state index contributed by atoms with van der Waals surface area (Å²) in [6, 6.07) is 18.8. The van der Waals surface area contributed by atoms with E-state index in [4.69, 9.17) is 9.88 Å². The van der Waals surface area contributed by atoms with E-state index in [1.807, 2.05) is 49.8 Å². The molecule has 10 heteroatoms. The molecule has 0 bridgehead atoms. The SMILES string of the molecule is Cn1cc(-c2cnc3c(c2)NC[C@@H]([C@H](NCCc2cccc(S(N)(=O)=O)c2)c2ccccc2)O3)cn1. The highest BCUT2D eigenvalue weighted by atomic mass is 32.2. The Labute approximate surface area is 210 Å². The van der Waals surface area contributed by atoms with Gasteiger partial charge in [0.25, 0.3) is 0 Å². The molecule has 0 radical (unpaired) electrons. The number of nitrogens with two attached hydrogens (primary N) is 1. The van der Waals surface area contributed by atoms with E-state index in [1.54, 1.807) is 23.0 Å². The van der Waals surface area contributed by atoms with E-state index in [0.29, 0.717) is 25.4 Å². The number of pyridine rings is 1. The summed E-state index contributed by atoms with van der Waals surface area (Å²) >= 11 is 0. The third-order valence-corrected chi connectivity index (χ3v) is 7.09. The molecule has 4 N–H and O–H groups in total. The lowest BCUT2D eigenvalue weighted by Crippen LogP contribution is -2.43. The maximum atomic E-state index is 11.7. The molecule has 36 heavy (non-hydrogen) atoms. The smallest absolute Gasteiger partial charge is 0.238 e. The van der Waals surface area contributed by atoms with Crippen LogP contribution in [0.3, 0.4) is 0 Å². The van der Waals surface area contributed by atoms with Gasteiger partial charge in [-0.05, 0) is 42.3 Å². The standard InChI is InChI=1S/C26H28N6O3S/c1-32-17-21(15-31-32)20-13-23-26(30-14-20)35-24(16-29-23)25(19-7-3-2-4-8-19)28-11-10-18-6-5-9-22(12-18)36(27,33)34/h2-9,12-15,17,24-25,28-29H,10-11,16H2,1H3,(H2,27,33,34)/t24-,25+/m0/s1. The molecule has 2 aromatic heterocycles. The van der Waals surface area contributed by atoms with Crippen LogP contribution in [0.4, 0.5) is 5.69 Å². The van der Waals surface area contributed by atoms with Crippen molar-refractivity contribution in [1.29, 1.82) is 0 Å². The molecule has 1 aliphatic rings. The average molecular weight is 505 g/mol. The van der Waals surface area contributed by atoms with Crippen LogP contribution >= 0.6 is 0 Å². The summed E-state index contributed by atoms with van der Waals surface area (Å²) in [4.78, 5) is 4.69. The first-order valence-corrected chi connectivity index (χ1v) is 13.2. The van der Waals surface area contributed by atoms with E-state index in [1.165, 1.54) is 6.07 Å². The number of aryl methyl sites for hydroxylation is 1. The molecule has 3 heterocycles. The zero-order valence-corrected chi connectivity index (χ0v) is 20.7. The van der Waals surface area contributed by atoms with Gasteiger partial charge in [-0.25, -0.2) is 18.5 Å². The minimum absolute atomic E-state index is 0.104. The Morgan fingerprint density at radius 2 is 1.97 bits per heavy atom. The van der Waals surface area contributed by atoms with Crippen molar-refractivity contribution in [3.05, 3.63) is 90.4 Å². The molecule has 2 atom stereocenters. The third-order valence-electron chi connectivity index (χ3n) is 6.18. The van der Waals surface area contributed by atoms with Crippen molar-refractivity contribution in [2.75, 3.05) is 18.4 Å². The summed E-state index contributed by atoms with van der Waals surface area (Å²) < 4.78 is 31.5. The minimum Gasteiger partial charge on any atom is -0.469 e. The van der Waals surface area contributed by atoms with Gasteiger partial charge in [-0.15, -0.1) is 0 Å². The Bertz CT molecular complexity index is 1460. The number of benzene rings is 2. The first-order chi connectivity index (χ1) is 17.4. The van der Waals surface area contributed by atoms with Crippen molar-refractivity contribution >= 4 is 15.7 Å². The third kappa shape index (κ3) is 5.40. The average Bonchev–Trinajstić information content (AvgIpc) is 3.32. The molecule has 2 aromatic carbocycles. The van der Waals surface area contributed by atoms with Gasteiger partial charge in [0.15, 0.2) is 0 Å². The summed E-state index contributed by atoms with van der Waals surface area (Å²) in [5.74, 6) is 0.558. The highest BCUT2D eigenvalue weighted by Crippen LogP contribution is 2.34. The van der Waals surface area contributed by atoms with Crippen LogP contribution in [0.5, 0.6) is 5.88 Å². The van der Waals surface area contributed by atoms with Crippen molar-refractivity contribution in [1.82, 2.24) is 20.1 Å². The molecule has 0 amide bonds. The van der Waals surface area contributed by atoms with Gasteiger partial charge in [0, 0.05) is 30.6 Å². The van der Waals surface area contributed by atoms with Crippen LogP contribution in [0.15, 0.2) is 84.1 Å². The number of ether oxygens (including phenoxy) is 1. The van der Waals surface area contributed by atoms with Crippen LogP contribution in [0, 0.1) is 0 Å². The van der Waals surface area contributed by atoms with Gasteiger partial charge < -0.3 is 15.4 Å². The fourth-order valence-corrected chi connectivity index (χ4v) is 4.94. The molecule has 0 fully saturated rings. The predicted octanol–water partition coefficient (Wildman–Crippen LogP) is 2.88. The Morgan fingerprint density at radius 1 is 1.14 bits per heavy atom. The van der Waals surface area contributed by atoms with Crippen molar-refractivity contribution < 1.29 is 13.2 Å². The molecule has 0 aliphatic carbocycles.